The van der Waals surface area contributed by atoms with Crippen LogP contribution in [0.4, 0.5) is 4.39 Å². The van der Waals surface area contributed by atoms with Crippen LogP contribution in [0.15, 0.2) is 81.7 Å². The van der Waals surface area contributed by atoms with Gasteiger partial charge >= 0.3 is 0 Å². The predicted molar refractivity (Wildman–Crippen MR) is 124 cm³/mol. The number of aryl methyl sites for hydroxylation is 1. The van der Waals surface area contributed by atoms with Gasteiger partial charge in [0, 0.05) is 54.1 Å². The molecule has 0 bridgehead atoms. The number of halogens is 1. The molecule has 1 aliphatic rings. The van der Waals surface area contributed by atoms with Crippen LogP contribution in [-0.4, -0.2) is 31.2 Å². The Bertz CT molecular complexity index is 1110. The average molecular weight is 452 g/mol. The predicted octanol–water partition coefficient (Wildman–Crippen LogP) is 6.16. The first-order chi connectivity index (χ1) is 15.5. The van der Waals surface area contributed by atoms with E-state index >= 15 is 0 Å². The molecule has 0 saturated carbocycles. The van der Waals surface area contributed by atoms with E-state index in [2.05, 4.69) is 5.16 Å². The summed E-state index contributed by atoms with van der Waals surface area (Å²) in [7, 11) is 1.68. The van der Waals surface area contributed by atoms with Gasteiger partial charge in [-0.1, -0.05) is 53.3 Å². The SMILES string of the molecule is COC1(c2cc(F)cc(Sc3ccc(C(=NO)c4ccccc4)c(C)c3)c2)CCOCC1. The molecule has 0 aliphatic carbocycles. The lowest BCUT2D eigenvalue weighted by molar-refractivity contribution is -0.0950. The number of hydrogen-bond donors (Lipinski definition) is 1. The van der Waals surface area contributed by atoms with Crippen molar-refractivity contribution in [2.45, 2.75) is 35.2 Å². The van der Waals surface area contributed by atoms with Gasteiger partial charge < -0.3 is 14.7 Å². The number of nitrogens with zero attached hydrogens (tertiary/aromatic N) is 1. The summed E-state index contributed by atoms with van der Waals surface area (Å²) in [5.41, 5.74) is 3.52. The van der Waals surface area contributed by atoms with Crippen molar-refractivity contribution in [3.8, 4) is 0 Å². The molecule has 0 aromatic heterocycles. The van der Waals surface area contributed by atoms with E-state index in [-0.39, 0.29) is 5.82 Å². The Kier molecular flexibility index (Phi) is 6.94. The topological polar surface area (TPSA) is 51.0 Å². The maximum Gasteiger partial charge on any atom is 0.124 e. The molecule has 6 heteroatoms. The Labute approximate surface area is 192 Å². The van der Waals surface area contributed by atoms with Crippen molar-refractivity contribution < 1.29 is 19.1 Å². The lowest BCUT2D eigenvalue weighted by Gasteiger charge is -2.36. The monoisotopic (exact) mass is 451 g/mol. The molecule has 0 unspecified atom stereocenters. The number of benzene rings is 3. The second kappa shape index (κ2) is 9.86. The number of rotatable bonds is 6. The third kappa shape index (κ3) is 4.72. The van der Waals surface area contributed by atoms with E-state index in [0.29, 0.717) is 31.8 Å². The van der Waals surface area contributed by atoms with E-state index in [0.717, 1.165) is 32.0 Å². The molecule has 1 fully saturated rings. The van der Waals surface area contributed by atoms with Crippen molar-refractivity contribution in [1.82, 2.24) is 0 Å². The van der Waals surface area contributed by atoms with Crippen LogP contribution >= 0.6 is 11.8 Å². The highest BCUT2D eigenvalue weighted by Crippen LogP contribution is 2.39. The summed E-state index contributed by atoms with van der Waals surface area (Å²) in [5.74, 6) is -0.278. The number of ether oxygens (including phenoxy) is 2. The summed E-state index contributed by atoms with van der Waals surface area (Å²) in [6.45, 7) is 3.18. The highest BCUT2D eigenvalue weighted by atomic mass is 32.2. The van der Waals surface area contributed by atoms with Gasteiger partial charge in [0.2, 0.25) is 0 Å². The molecule has 166 valence electrons. The van der Waals surface area contributed by atoms with E-state index in [1.54, 1.807) is 19.2 Å². The first-order valence-electron chi connectivity index (χ1n) is 10.5. The van der Waals surface area contributed by atoms with Crippen molar-refractivity contribution in [2.24, 2.45) is 5.16 Å². The van der Waals surface area contributed by atoms with Crippen LogP contribution in [0, 0.1) is 12.7 Å². The van der Waals surface area contributed by atoms with E-state index < -0.39 is 5.60 Å². The van der Waals surface area contributed by atoms with E-state index in [1.807, 2.05) is 61.5 Å². The van der Waals surface area contributed by atoms with Crippen LogP contribution in [0.5, 0.6) is 0 Å². The van der Waals surface area contributed by atoms with Gasteiger partial charge in [-0.2, -0.15) is 0 Å². The molecule has 0 spiro atoms. The lowest BCUT2D eigenvalue weighted by atomic mass is 9.86. The van der Waals surface area contributed by atoms with Crippen LogP contribution in [0.25, 0.3) is 0 Å². The highest BCUT2D eigenvalue weighted by Gasteiger charge is 2.35. The smallest absolute Gasteiger partial charge is 0.124 e. The quantitative estimate of drug-likeness (QED) is 0.277. The van der Waals surface area contributed by atoms with Gasteiger partial charge in [-0.05, 0) is 48.4 Å². The molecule has 3 aromatic rings. The minimum absolute atomic E-state index is 0.278. The Morgan fingerprint density at radius 1 is 1.03 bits per heavy atom. The third-order valence-corrected chi connectivity index (χ3v) is 6.89. The molecule has 1 saturated heterocycles. The minimum Gasteiger partial charge on any atom is -0.410 e. The van der Waals surface area contributed by atoms with E-state index in [1.165, 1.54) is 11.8 Å². The van der Waals surface area contributed by atoms with Gasteiger partial charge in [0.15, 0.2) is 0 Å². The second-order valence-electron chi connectivity index (χ2n) is 7.88. The van der Waals surface area contributed by atoms with Gasteiger partial charge in [-0.3, -0.25) is 0 Å². The molecule has 4 rings (SSSR count). The summed E-state index contributed by atoms with van der Waals surface area (Å²) in [5, 5.41) is 13.1. The Morgan fingerprint density at radius 3 is 2.44 bits per heavy atom. The Balaban J connectivity index is 1.61. The molecule has 1 N–H and O–H groups in total. The number of hydrogen-bond acceptors (Lipinski definition) is 5. The molecule has 32 heavy (non-hydrogen) atoms. The first-order valence-corrected chi connectivity index (χ1v) is 11.4. The van der Waals surface area contributed by atoms with Crippen LogP contribution in [0.2, 0.25) is 0 Å². The minimum atomic E-state index is -0.516. The summed E-state index contributed by atoms with van der Waals surface area (Å²) in [6, 6.07) is 20.6. The van der Waals surface area contributed by atoms with Gasteiger partial charge in [-0.25, -0.2) is 4.39 Å². The number of oxime groups is 1. The Morgan fingerprint density at radius 2 is 1.78 bits per heavy atom. The third-order valence-electron chi connectivity index (χ3n) is 5.92. The molecule has 0 atom stereocenters. The Hall–Kier alpha value is -2.67. The van der Waals surface area contributed by atoms with E-state index in [9.17, 15) is 9.60 Å². The van der Waals surface area contributed by atoms with Crippen molar-refractivity contribution >= 4 is 17.5 Å². The molecule has 1 heterocycles. The molecule has 0 amide bonds. The number of methoxy groups -OCH3 is 1. The molecule has 4 nitrogen and oxygen atoms in total. The van der Waals surface area contributed by atoms with E-state index in [4.69, 9.17) is 9.47 Å². The van der Waals surface area contributed by atoms with Crippen LogP contribution < -0.4 is 0 Å². The molecule has 0 radical (unpaired) electrons. The maximum atomic E-state index is 14.5. The summed E-state index contributed by atoms with van der Waals surface area (Å²) in [6.07, 6.45) is 1.40. The average Bonchev–Trinajstić information content (AvgIpc) is 2.81. The zero-order valence-corrected chi connectivity index (χ0v) is 19.0. The summed E-state index contributed by atoms with van der Waals surface area (Å²) < 4.78 is 25.9. The van der Waals surface area contributed by atoms with Crippen molar-refractivity contribution in [2.75, 3.05) is 20.3 Å². The molecule has 1 aliphatic heterocycles. The molecular weight excluding hydrogens is 425 g/mol. The summed E-state index contributed by atoms with van der Waals surface area (Å²) >= 11 is 1.50. The summed E-state index contributed by atoms with van der Waals surface area (Å²) in [4.78, 5) is 1.79. The first kappa shape index (κ1) is 22.5. The highest BCUT2D eigenvalue weighted by molar-refractivity contribution is 7.99. The van der Waals surface area contributed by atoms with Crippen LogP contribution in [0.1, 0.15) is 35.1 Å². The standard InChI is InChI=1S/C26H26FNO3S/c1-18-14-22(8-9-24(18)25(28-29)19-6-4-3-5-7-19)32-23-16-20(15-21(27)17-23)26(30-2)10-12-31-13-11-26/h3-9,14-17,29H,10-13H2,1-2H3. The van der Waals surface area contributed by atoms with Gasteiger partial charge in [0.1, 0.15) is 11.5 Å². The lowest BCUT2D eigenvalue weighted by Crippen LogP contribution is -2.35. The maximum absolute atomic E-state index is 14.5. The largest absolute Gasteiger partial charge is 0.410 e. The van der Waals surface area contributed by atoms with Crippen LogP contribution in [-0.2, 0) is 15.1 Å². The normalized spacial score (nSPS) is 16.2. The fourth-order valence-corrected chi connectivity index (χ4v) is 5.16. The van der Waals surface area contributed by atoms with Crippen molar-refractivity contribution in [1.29, 1.82) is 0 Å². The fourth-order valence-electron chi connectivity index (χ4n) is 4.16. The molecular formula is C26H26FNO3S. The van der Waals surface area contributed by atoms with Crippen molar-refractivity contribution in [3.63, 3.8) is 0 Å². The van der Waals surface area contributed by atoms with Crippen molar-refractivity contribution in [3.05, 3.63) is 94.8 Å². The van der Waals surface area contributed by atoms with Gasteiger partial charge in [0.05, 0.1) is 5.60 Å². The van der Waals surface area contributed by atoms with Crippen LogP contribution in [0.3, 0.4) is 0 Å². The zero-order chi connectivity index (χ0) is 22.6. The fraction of sp³-hybridized carbons (Fsp3) is 0.269. The van der Waals surface area contributed by atoms with Gasteiger partial charge in [-0.15, -0.1) is 0 Å². The van der Waals surface area contributed by atoms with Gasteiger partial charge in [0.25, 0.3) is 0 Å². The zero-order valence-electron chi connectivity index (χ0n) is 18.2. The second-order valence-corrected chi connectivity index (χ2v) is 9.03. The molecule has 3 aromatic carbocycles.